The Hall–Kier alpha value is -1.30. The van der Waals surface area contributed by atoms with Gasteiger partial charge in [0.05, 0.1) is 0 Å². The highest BCUT2D eigenvalue weighted by molar-refractivity contribution is 7.99. The number of aromatic carboxylic acids is 1. The van der Waals surface area contributed by atoms with Gasteiger partial charge in [-0.25, -0.2) is 14.2 Å². The normalized spacial score (nSPS) is 20.1. The Labute approximate surface area is 116 Å². The van der Waals surface area contributed by atoms with E-state index in [1.54, 1.807) is 0 Å². The Kier molecular flexibility index (Phi) is 4.63. The average Bonchev–Trinajstić information content (AvgIpc) is 2.64. The van der Waals surface area contributed by atoms with Gasteiger partial charge in [-0.3, -0.25) is 0 Å². The zero-order valence-electron chi connectivity index (χ0n) is 10.8. The van der Waals surface area contributed by atoms with Gasteiger partial charge in [0.25, 0.3) is 0 Å². The molecule has 0 spiro atoms. The summed E-state index contributed by atoms with van der Waals surface area (Å²) in [5, 5.41) is 9.53. The third-order valence-electron chi connectivity index (χ3n) is 3.41. The second-order valence-corrected chi connectivity index (χ2v) is 5.71. The molecule has 0 aromatic carbocycles. The van der Waals surface area contributed by atoms with Gasteiger partial charge in [-0.1, -0.05) is 0 Å². The number of carboxylic acid groups (broad SMARTS) is 1. The molecule has 4 nitrogen and oxygen atoms in total. The minimum absolute atomic E-state index is 0.168. The highest BCUT2D eigenvalue weighted by Crippen LogP contribution is 2.26. The van der Waals surface area contributed by atoms with Gasteiger partial charge in [0.1, 0.15) is 5.56 Å². The van der Waals surface area contributed by atoms with E-state index in [1.807, 2.05) is 16.7 Å². The number of carbonyl (C=O) groups is 1. The quantitative estimate of drug-likeness (QED) is 0.924. The summed E-state index contributed by atoms with van der Waals surface area (Å²) in [7, 11) is 0. The lowest BCUT2D eigenvalue weighted by Crippen LogP contribution is -2.27. The number of carboxylic acids is 1. The second-order valence-electron chi connectivity index (χ2n) is 4.58. The fourth-order valence-corrected chi connectivity index (χ4v) is 3.08. The summed E-state index contributed by atoms with van der Waals surface area (Å²) in [5.74, 6) is -1.81. The van der Waals surface area contributed by atoms with E-state index < -0.39 is 11.8 Å². The maximum atomic E-state index is 14.1. The first kappa shape index (κ1) is 14.1. The summed E-state index contributed by atoms with van der Waals surface area (Å²) >= 11 is 1.83. The third-order valence-corrected chi connectivity index (χ3v) is 4.55. The minimum Gasteiger partial charge on any atom is -0.478 e. The van der Waals surface area contributed by atoms with Crippen molar-refractivity contribution < 1.29 is 14.3 Å². The molecule has 1 aromatic rings. The fraction of sp³-hybridized carbons (Fsp3) is 0.538. The van der Waals surface area contributed by atoms with E-state index >= 15 is 0 Å². The molecule has 0 bridgehead atoms. The van der Waals surface area contributed by atoms with Crippen molar-refractivity contribution in [1.82, 2.24) is 4.98 Å². The highest BCUT2D eigenvalue weighted by Gasteiger charge is 2.22. The molecule has 0 aliphatic carbocycles. The van der Waals surface area contributed by atoms with Crippen LogP contribution in [0.15, 0.2) is 12.3 Å². The van der Waals surface area contributed by atoms with Crippen LogP contribution in [0.3, 0.4) is 0 Å². The molecule has 0 saturated carbocycles. The topological polar surface area (TPSA) is 53.4 Å². The van der Waals surface area contributed by atoms with Gasteiger partial charge >= 0.3 is 5.97 Å². The van der Waals surface area contributed by atoms with Gasteiger partial charge in [-0.2, -0.15) is 11.8 Å². The molecule has 6 heteroatoms. The van der Waals surface area contributed by atoms with Crippen LogP contribution in [0.5, 0.6) is 0 Å². The number of thioether (sulfide) groups is 1. The van der Waals surface area contributed by atoms with Gasteiger partial charge in [0, 0.05) is 24.5 Å². The summed E-state index contributed by atoms with van der Waals surface area (Å²) in [6.07, 6.45) is 6.50. The van der Waals surface area contributed by atoms with Crippen molar-refractivity contribution in [2.45, 2.75) is 24.5 Å². The lowest BCUT2D eigenvalue weighted by molar-refractivity contribution is 0.0691. The molecule has 1 aromatic heterocycles. The van der Waals surface area contributed by atoms with Crippen molar-refractivity contribution in [3.05, 3.63) is 23.6 Å². The molecule has 0 radical (unpaired) electrons. The van der Waals surface area contributed by atoms with Crippen LogP contribution in [0.4, 0.5) is 10.2 Å². The van der Waals surface area contributed by atoms with Gasteiger partial charge < -0.3 is 10.0 Å². The van der Waals surface area contributed by atoms with E-state index in [9.17, 15) is 9.18 Å². The first-order valence-corrected chi connectivity index (χ1v) is 7.57. The number of anilines is 1. The van der Waals surface area contributed by atoms with Crippen LogP contribution in [0.25, 0.3) is 0 Å². The maximum Gasteiger partial charge on any atom is 0.338 e. The number of nitrogens with zero attached hydrogens (tertiary/aromatic N) is 2. The van der Waals surface area contributed by atoms with E-state index in [0.717, 1.165) is 32.4 Å². The van der Waals surface area contributed by atoms with E-state index in [2.05, 4.69) is 11.2 Å². The van der Waals surface area contributed by atoms with Crippen molar-refractivity contribution in [3.63, 3.8) is 0 Å². The van der Waals surface area contributed by atoms with Crippen LogP contribution in [0.1, 0.15) is 29.6 Å². The molecule has 1 saturated heterocycles. The van der Waals surface area contributed by atoms with Crippen molar-refractivity contribution in [2.24, 2.45) is 0 Å². The molecule has 1 fully saturated rings. The lowest BCUT2D eigenvalue weighted by Gasteiger charge is -2.22. The SMILES string of the molecule is CSC1CCCN(c2nccc(C(=O)O)c2F)CC1. The van der Waals surface area contributed by atoms with Crippen molar-refractivity contribution >= 4 is 23.5 Å². The molecule has 1 aliphatic rings. The van der Waals surface area contributed by atoms with Crippen molar-refractivity contribution in [3.8, 4) is 0 Å². The third kappa shape index (κ3) is 3.18. The van der Waals surface area contributed by atoms with E-state index in [1.165, 1.54) is 12.3 Å². The number of pyridine rings is 1. The van der Waals surface area contributed by atoms with Crippen LogP contribution >= 0.6 is 11.8 Å². The second kappa shape index (κ2) is 6.23. The van der Waals surface area contributed by atoms with E-state index in [0.29, 0.717) is 5.25 Å². The van der Waals surface area contributed by atoms with Gasteiger partial charge in [0.2, 0.25) is 0 Å². The molecule has 0 amide bonds. The van der Waals surface area contributed by atoms with Crippen LogP contribution in [0.2, 0.25) is 0 Å². The first-order chi connectivity index (χ1) is 9.13. The van der Waals surface area contributed by atoms with Crippen LogP contribution < -0.4 is 4.90 Å². The summed E-state index contributed by atoms with van der Waals surface area (Å²) in [4.78, 5) is 16.8. The predicted octanol–water partition coefficient (Wildman–Crippen LogP) is 2.64. The van der Waals surface area contributed by atoms with Gasteiger partial charge in [-0.15, -0.1) is 0 Å². The van der Waals surface area contributed by atoms with E-state index in [4.69, 9.17) is 5.11 Å². The standard InChI is InChI=1S/C13H17FN2O2S/c1-19-9-3-2-7-16(8-5-9)12-11(14)10(13(17)18)4-6-15-12/h4,6,9H,2-3,5,7-8H2,1H3,(H,17,18). The highest BCUT2D eigenvalue weighted by atomic mass is 32.2. The van der Waals surface area contributed by atoms with E-state index in [-0.39, 0.29) is 11.4 Å². The maximum absolute atomic E-state index is 14.1. The average molecular weight is 284 g/mol. The molecule has 1 atom stereocenters. The smallest absolute Gasteiger partial charge is 0.338 e. The number of hydrogen-bond donors (Lipinski definition) is 1. The molecular formula is C13H17FN2O2S. The Morgan fingerprint density at radius 2 is 2.32 bits per heavy atom. The lowest BCUT2D eigenvalue weighted by atomic mass is 10.2. The predicted molar refractivity (Wildman–Crippen MR) is 74.5 cm³/mol. The van der Waals surface area contributed by atoms with Crippen molar-refractivity contribution in [1.29, 1.82) is 0 Å². The summed E-state index contributed by atoms with van der Waals surface area (Å²) in [6, 6.07) is 1.20. The van der Waals surface area contributed by atoms with Crippen LogP contribution in [0, 0.1) is 5.82 Å². The summed E-state index contributed by atoms with van der Waals surface area (Å²) < 4.78 is 14.1. The Bertz CT molecular complexity index is 470. The van der Waals surface area contributed by atoms with Crippen LogP contribution in [-0.4, -0.2) is 40.7 Å². The number of aromatic nitrogens is 1. The Morgan fingerprint density at radius 1 is 1.53 bits per heavy atom. The number of hydrogen-bond acceptors (Lipinski definition) is 4. The Morgan fingerprint density at radius 3 is 3.00 bits per heavy atom. The summed E-state index contributed by atoms with van der Waals surface area (Å²) in [6.45, 7) is 1.45. The summed E-state index contributed by atoms with van der Waals surface area (Å²) in [5.41, 5.74) is -0.310. The molecule has 2 rings (SSSR count). The molecule has 1 aliphatic heterocycles. The Balaban J connectivity index is 2.22. The van der Waals surface area contributed by atoms with Gasteiger partial charge in [0.15, 0.2) is 11.6 Å². The number of rotatable bonds is 3. The molecule has 1 unspecified atom stereocenters. The zero-order valence-corrected chi connectivity index (χ0v) is 11.6. The zero-order chi connectivity index (χ0) is 13.8. The number of halogens is 1. The molecule has 19 heavy (non-hydrogen) atoms. The first-order valence-electron chi connectivity index (χ1n) is 6.29. The van der Waals surface area contributed by atoms with Crippen LogP contribution in [-0.2, 0) is 0 Å². The molecular weight excluding hydrogens is 267 g/mol. The van der Waals surface area contributed by atoms with Crippen molar-refractivity contribution in [2.75, 3.05) is 24.2 Å². The monoisotopic (exact) mass is 284 g/mol. The molecule has 2 heterocycles. The largest absolute Gasteiger partial charge is 0.478 e. The fourth-order valence-electron chi connectivity index (χ4n) is 2.33. The van der Waals surface area contributed by atoms with Gasteiger partial charge in [-0.05, 0) is 31.6 Å². The molecule has 1 N–H and O–H groups in total. The minimum atomic E-state index is -1.25. The molecule has 104 valence electrons.